The van der Waals surface area contributed by atoms with Gasteiger partial charge in [0.15, 0.2) is 0 Å². The molecule has 0 spiro atoms. The summed E-state index contributed by atoms with van der Waals surface area (Å²) in [5.41, 5.74) is 1.27. The number of hydrogen-bond acceptors (Lipinski definition) is 0. The minimum absolute atomic E-state index is 0. The van der Waals surface area contributed by atoms with Crippen molar-refractivity contribution in [2.24, 2.45) is 0 Å². The van der Waals surface area contributed by atoms with Crippen LogP contribution in [0.1, 0.15) is 16.2 Å². The van der Waals surface area contributed by atoms with Gasteiger partial charge in [0.25, 0.3) is 0 Å². The topological polar surface area (TPSA) is 0 Å². The maximum atomic E-state index is 3.12. The van der Waals surface area contributed by atoms with E-state index in [-0.39, 0.29) is 22.6 Å². The zero-order valence-electron chi connectivity index (χ0n) is 6.22. The molecule has 0 saturated heterocycles. The smallest absolute Gasteiger partial charge is 1.00 e. The van der Waals surface area contributed by atoms with Crippen LogP contribution in [0.25, 0.3) is 0 Å². The second-order valence-corrected chi connectivity index (χ2v) is 1.47. The number of hydrogen-bond donors (Lipinski definition) is 0. The van der Waals surface area contributed by atoms with Crippen molar-refractivity contribution in [1.82, 2.24) is 0 Å². The Hall–Kier alpha value is 0.116. The first-order chi connectivity index (χ1) is 2.89. The normalized spacial score (nSPS) is 15.9. The number of rotatable bonds is 0. The molecule has 0 aliphatic heterocycles. The van der Waals surface area contributed by atoms with E-state index in [4.69, 9.17) is 0 Å². The summed E-state index contributed by atoms with van der Waals surface area (Å²) >= 11 is 0. The van der Waals surface area contributed by atoms with E-state index in [1.165, 1.54) is 5.57 Å². The van der Waals surface area contributed by atoms with Crippen LogP contribution in [0.15, 0.2) is 17.7 Å². The molecule has 0 heterocycles. The van der Waals surface area contributed by atoms with Gasteiger partial charge < -0.3 is 2.85 Å². The van der Waals surface area contributed by atoms with Gasteiger partial charge >= 0.3 is 19.8 Å². The second-order valence-electron chi connectivity index (χ2n) is 1.47. The third kappa shape index (κ3) is 2.05. The fourth-order valence-corrected chi connectivity index (χ4v) is 0.515. The van der Waals surface area contributed by atoms with E-state index in [0.717, 1.165) is 6.42 Å². The summed E-state index contributed by atoms with van der Waals surface area (Å²) in [7, 11) is 0. The summed E-state index contributed by atoms with van der Waals surface area (Å²) in [6.07, 6.45) is 8.33. The van der Waals surface area contributed by atoms with Crippen LogP contribution < -0.4 is 0 Å². The van der Waals surface area contributed by atoms with Crippen molar-refractivity contribution in [2.75, 3.05) is 0 Å². The van der Waals surface area contributed by atoms with Gasteiger partial charge in [-0.15, -0.1) is 6.42 Å². The van der Waals surface area contributed by atoms with E-state index in [9.17, 15) is 0 Å². The Morgan fingerprint density at radius 1 is 1.86 bits per heavy atom. The Morgan fingerprint density at radius 2 is 2.57 bits per heavy atom. The quantitative estimate of drug-likeness (QED) is 0.591. The van der Waals surface area contributed by atoms with Crippen molar-refractivity contribution in [3.8, 4) is 0 Å². The summed E-state index contributed by atoms with van der Waals surface area (Å²) in [5.74, 6) is 0. The summed E-state index contributed by atoms with van der Waals surface area (Å²) in [4.78, 5) is 0. The molecule has 0 nitrogen and oxygen atoms in total. The second kappa shape index (κ2) is 3.16. The van der Waals surface area contributed by atoms with Crippen molar-refractivity contribution in [1.29, 1.82) is 0 Å². The van der Waals surface area contributed by atoms with Gasteiger partial charge in [0.1, 0.15) is 0 Å². The summed E-state index contributed by atoms with van der Waals surface area (Å²) < 4.78 is 0. The third-order valence-electron chi connectivity index (χ3n) is 0.867. The van der Waals surface area contributed by atoms with Crippen LogP contribution in [-0.2, 0) is 19.8 Å². The van der Waals surface area contributed by atoms with Gasteiger partial charge in [-0.1, -0.05) is 6.92 Å². The largest absolute Gasteiger partial charge is 2.00 e. The minimum Gasteiger partial charge on any atom is -1.00 e. The molecule has 1 heteroatoms. The molecule has 0 radical (unpaired) electrons. The van der Waals surface area contributed by atoms with Gasteiger partial charge in [-0.3, -0.25) is 6.08 Å². The van der Waals surface area contributed by atoms with Crippen LogP contribution in [-0.4, -0.2) is 0 Å². The molecule has 0 N–H and O–H groups in total. The standard InChI is InChI=1S/C6H7.Os.2H/c1-6-4-2-3-5-6;;;/h2,4H,3H2,1H3;;;/q-1;+2;2*-1. The summed E-state index contributed by atoms with van der Waals surface area (Å²) in [6, 6.07) is 0. The van der Waals surface area contributed by atoms with Crippen molar-refractivity contribution < 1.29 is 22.6 Å². The van der Waals surface area contributed by atoms with Crippen molar-refractivity contribution in [3.63, 3.8) is 0 Å². The Morgan fingerprint density at radius 3 is 2.71 bits per heavy atom. The van der Waals surface area contributed by atoms with Gasteiger partial charge in [-0.25, -0.2) is 11.6 Å². The average molecular weight is 271 g/mol. The molecule has 0 atom stereocenters. The molecule has 0 saturated carbocycles. The van der Waals surface area contributed by atoms with Crippen LogP contribution in [0, 0.1) is 6.08 Å². The number of allylic oxidation sites excluding steroid dienone is 4. The predicted octanol–water partition coefficient (Wildman–Crippen LogP) is 1.92. The SMILES string of the molecule is CC1=[C-]CC=C1.[H-].[H-].[Os+2]. The van der Waals surface area contributed by atoms with Crippen LogP contribution >= 0.6 is 0 Å². The Balaban J connectivity index is -0.000000120. The molecular formula is C6H9Os-. The van der Waals surface area contributed by atoms with Crippen molar-refractivity contribution in [2.45, 2.75) is 13.3 Å². The first-order valence-electron chi connectivity index (χ1n) is 2.13. The van der Waals surface area contributed by atoms with E-state index < -0.39 is 0 Å². The van der Waals surface area contributed by atoms with E-state index >= 15 is 0 Å². The maximum Gasteiger partial charge on any atom is 2.00 e. The molecule has 0 unspecified atom stereocenters. The molecule has 7 heavy (non-hydrogen) atoms. The zero-order chi connectivity index (χ0) is 4.41. The van der Waals surface area contributed by atoms with Crippen LogP contribution in [0.3, 0.4) is 0 Å². The Kier molecular flexibility index (Phi) is 3.21. The first-order valence-corrected chi connectivity index (χ1v) is 2.13. The molecule has 0 amide bonds. The molecule has 0 aromatic carbocycles. The Labute approximate surface area is 60.3 Å². The molecule has 0 aromatic rings. The molecule has 1 aliphatic carbocycles. The molecule has 1 aliphatic rings. The van der Waals surface area contributed by atoms with Gasteiger partial charge in [0.05, 0.1) is 0 Å². The van der Waals surface area contributed by atoms with Crippen LogP contribution in [0.2, 0.25) is 0 Å². The fraction of sp³-hybridized carbons (Fsp3) is 0.333. The Bertz CT molecular complexity index is 105. The van der Waals surface area contributed by atoms with Gasteiger partial charge in [-0.05, 0) is 0 Å². The van der Waals surface area contributed by atoms with Crippen LogP contribution in [0.5, 0.6) is 0 Å². The van der Waals surface area contributed by atoms with Gasteiger partial charge in [0.2, 0.25) is 0 Å². The van der Waals surface area contributed by atoms with Crippen LogP contribution in [0.4, 0.5) is 0 Å². The third-order valence-corrected chi connectivity index (χ3v) is 0.867. The molecule has 0 bridgehead atoms. The fourth-order valence-electron chi connectivity index (χ4n) is 0.515. The predicted molar refractivity (Wildman–Crippen MR) is 28.4 cm³/mol. The molecule has 0 aromatic heterocycles. The molecule has 42 valence electrons. The van der Waals surface area contributed by atoms with E-state index in [1.54, 1.807) is 0 Å². The zero-order valence-corrected chi connectivity index (χ0v) is 6.76. The summed E-state index contributed by atoms with van der Waals surface area (Å²) in [6.45, 7) is 2.06. The van der Waals surface area contributed by atoms with Crippen molar-refractivity contribution >= 4 is 0 Å². The minimum atomic E-state index is 0. The molecular weight excluding hydrogens is 262 g/mol. The van der Waals surface area contributed by atoms with Gasteiger partial charge in [-0.2, -0.15) is 6.08 Å². The molecule has 1 rings (SSSR count). The average Bonchev–Trinajstić information content (AvgIpc) is 1.86. The maximum absolute atomic E-state index is 3.12. The summed E-state index contributed by atoms with van der Waals surface area (Å²) in [5, 5.41) is 0. The first kappa shape index (κ1) is 7.12. The van der Waals surface area contributed by atoms with E-state index in [0.29, 0.717) is 0 Å². The van der Waals surface area contributed by atoms with E-state index in [2.05, 4.69) is 25.2 Å². The van der Waals surface area contributed by atoms with Crippen molar-refractivity contribution in [3.05, 3.63) is 23.8 Å². The molecule has 0 fully saturated rings. The van der Waals surface area contributed by atoms with Gasteiger partial charge in [0, 0.05) is 0 Å². The van der Waals surface area contributed by atoms with E-state index in [1.807, 2.05) is 0 Å². The monoisotopic (exact) mass is 273 g/mol.